The number of thiophene rings is 1. The van der Waals surface area contributed by atoms with Crippen LogP contribution in [0.25, 0.3) is 0 Å². The second-order valence-corrected chi connectivity index (χ2v) is 3.41. The maximum atomic E-state index is 2.24. The monoisotopic (exact) mass is 170 g/mol. The summed E-state index contributed by atoms with van der Waals surface area (Å²) in [5, 5.41) is 4.44. The standard InChI is InChI=1S/C8H12S.C2H6/c1-6(2)8-5-9-4-7(8)3;1-2/h4-6H,1-3H3;1-2H3. The first-order chi connectivity index (χ1) is 5.22. The van der Waals surface area contributed by atoms with Crippen LogP contribution in [-0.2, 0) is 0 Å². The third-order valence-corrected chi connectivity index (χ3v) is 2.40. The second kappa shape index (κ2) is 5.36. The van der Waals surface area contributed by atoms with Crippen LogP contribution < -0.4 is 0 Å². The van der Waals surface area contributed by atoms with Gasteiger partial charge in [-0.15, -0.1) is 0 Å². The summed E-state index contributed by atoms with van der Waals surface area (Å²) in [5.74, 6) is 0.691. The SMILES string of the molecule is CC.Cc1cscc1C(C)C. The highest BCUT2D eigenvalue weighted by molar-refractivity contribution is 7.08. The van der Waals surface area contributed by atoms with E-state index in [4.69, 9.17) is 0 Å². The van der Waals surface area contributed by atoms with Gasteiger partial charge in [-0.25, -0.2) is 0 Å². The first kappa shape index (κ1) is 10.7. The molecule has 1 heteroatoms. The van der Waals surface area contributed by atoms with Crippen LogP contribution in [0, 0.1) is 6.92 Å². The largest absolute Gasteiger partial charge is 0.152 e. The Kier molecular flexibility index (Phi) is 5.22. The fourth-order valence-corrected chi connectivity index (χ4v) is 1.97. The molecule has 1 rings (SSSR count). The van der Waals surface area contributed by atoms with Crippen molar-refractivity contribution in [3.05, 3.63) is 21.9 Å². The highest BCUT2D eigenvalue weighted by Crippen LogP contribution is 2.21. The lowest BCUT2D eigenvalue weighted by molar-refractivity contribution is 0.863. The van der Waals surface area contributed by atoms with E-state index < -0.39 is 0 Å². The smallest absolute Gasteiger partial charge is 0.00559 e. The van der Waals surface area contributed by atoms with Gasteiger partial charge in [-0.2, -0.15) is 11.3 Å². The van der Waals surface area contributed by atoms with Crippen LogP contribution >= 0.6 is 11.3 Å². The molecular weight excluding hydrogens is 152 g/mol. The summed E-state index contributed by atoms with van der Waals surface area (Å²) in [6.07, 6.45) is 0. The topological polar surface area (TPSA) is 0 Å². The molecule has 0 amide bonds. The van der Waals surface area contributed by atoms with Gasteiger partial charge in [0, 0.05) is 0 Å². The molecule has 11 heavy (non-hydrogen) atoms. The average Bonchev–Trinajstić information content (AvgIpc) is 2.39. The minimum Gasteiger partial charge on any atom is -0.152 e. The maximum absolute atomic E-state index is 2.24. The van der Waals surface area contributed by atoms with E-state index in [0.717, 1.165) is 0 Å². The minimum atomic E-state index is 0.691. The Morgan fingerprint density at radius 2 is 1.73 bits per heavy atom. The van der Waals surface area contributed by atoms with Crippen molar-refractivity contribution >= 4 is 11.3 Å². The van der Waals surface area contributed by atoms with Gasteiger partial charge in [0.05, 0.1) is 0 Å². The van der Waals surface area contributed by atoms with Gasteiger partial charge in [-0.1, -0.05) is 27.7 Å². The molecule has 0 unspecified atom stereocenters. The molecule has 0 aromatic carbocycles. The first-order valence-electron chi connectivity index (χ1n) is 4.24. The molecule has 1 heterocycles. The zero-order chi connectivity index (χ0) is 8.85. The van der Waals surface area contributed by atoms with Crippen molar-refractivity contribution in [2.24, 2.45) is 0 Å². The molecule has 64 valence electrons. The summed E-state index contributed by atoms with van der Waals surface area (Å²) in [6.45, 7) is 10.6. The van der Waals surface area contributed by atoms with E-state index in [1.807, 2.05) is 13.8 Å². The van der Waals surface area contributed by atoms with Crippen LogP contribution in [0.1, 0.15) is 44.7 Å². The van der Waals surface area contributed by atoms with Crippen LogP contribution in [0.15, 0.2) is 10.8 Å². The normalized spacial score (nSPS) is 9.27. The molecule has 0 spiro atoms. The van der Waals surface area contributed by atoms with Gasteiger partial charge in [0.1, 0.15) is 0 Å². The van der Waals surface area contributed by atoms with E-state index in [-0.39, 0.29) is 0 Å². The third kappa shape index (κ3) is 3.06. The number of hydrogen-bond acceptors (Lipinski definition) is 1. The second-order valence-electron chi connectivity index (χ2n) is 2.66. The number of rotatable bonds is 1. The summed E-state index contributed by atoms with van der Waals surface area (Å²) in [4.78, 5) is 0. The Bertz CT molecular complexity index is 187. The van der Waals surface area contributed by atoms with Crippen LogP contribution in [0.5, 0.6) is 0 Å². The Balaban J connectivity index is 0.000000461. The number of aryl methyl sites for hydroxylation is 1. The highest BCUT2D eigenvalue weighted by atomic mass is 32.1. The lowest BCUT2D eigenvalue weighted by Crippen LogP contribution is -1.84. The van der Waals surface area contributed by atoms with E-state index in [0.29, 0.717) is 5.92 Å². The van der Waals surface area contributed by atoms with Crippen molar-refractivity contribution < 1.29 is 0 Å². The Labute approximate surface area is 74.3 Å². The van der Waals surface area contributed by atoms with Crippen LogP contribution in [0.2, 0.25) is 0 Å². The van der Waals surface area contributed by atoms with E-state index in [1.165, 1.54) is 11.1 Å². The molecule has 0 saturated carbocycles. The third-order valence-electron chi connectivity index (χ3n) is 1.52. The Morgan fingerprint density at radius 3 is 1.91 bits per heavy atom. The zero-order valence-electron chi connectivity index (χ0n) is 8.14. The van der Waals surface area contributed by atoms with Gasteiger partial charge in [0.25, 0.3) is 0 Å². The molecule has 1 aromatic heterocycles. The van der Waals surface area contributed by atoms with Crippen LogP contribution in [0.4, 0.5) is 0 Å². The highest BCUT2D eigenvalue weighted by Gasteiger charge is 2.01. The van der Waals surface area contributed by atoms with Crippen molar-refractivity contribution in [2.45, 2.75) is 40.5 Å². The fourth-order valence-electron chi connectivity index (χ4n) is 0.962. The molecule has 0 aliphatic heterocycles. The van der Waals surface area contributed by atoms with E-state index in [1.54, 1.807) is 11.3 Å². The molecule has 0 nitrogen and oxygen atoms in total. The Morgan fingerprint density at radius 1 is 1.18 bits per heavy atom. The van der Waals surface area contributed by atoms with Crippen molar-refractivity contribution in [1.82, 2.24) is 0 Å². The van der Waals surface area contributed by atoms with Crippen molar-refractivity contribution in [2.75, 3.05) is 0 Å². The van der Waals surface area contributed by atoms with E-state index >= 15 is 0 Å². The van der Waals surface area contributed by atoms with Crippen molar-refractivity contribution in [3.8, 4) is 0 Å². The lowest BCUT2D eigenvalue weighted by atomic mass is 10.0. The summed E-state index contributed by atoms with van der Waals surface area (Å²) in [7, 11) is 0. The summed E-state index contributed by atoms with van der Waals surface area (Å²) in [5.41, 5.74) is 2.94. The van der Waals surface area contributed by atoms with Gasteiger partial charge in [0.2, 0.25) is 0 Å². The molecular formula is C10H18S. The van der Waals surface area contributed by atoms with Gasteiger partial charge in [-0.05, 0) is 34.7 Å². The van der Waals surface area contributed by atoms with Gasteiger partial charge < -0.3 is 0 Å². The summed E-state index contributed by atoms with van der Waals surface area (Å²) < 4.78 is 0. The fraction of sp³-hybridized carbons (Fsp3) is 0.600. The molecule has 0 fully saturated rings. The average molecular weight is 170 g/mol. The predicted octanol–water partition coefficient (Wildman–Crippen LogP) is 4.21. The Hall–Kier alpha value is -0.300. The molecule has 0 aliphatic rings. The van der Waals surface area contributed by atoms with Crippen molar-refractivity contribution in [3.63, 3.8) is 0 Å². The zero-order valence-corrected chi connectivity index (χ0v) is 8.96. The van der Waals surface area contributed by atoms with Crippen molar-refractivity contribution in [1.29, 1.82) is 0 Å². The van der Waals surface area contributed by atoms with Crippen LogP contribution in [0.3, 0.4) is 0 Å². The minimum absolute atomic E-state index is 0.691. The van der Waals surface area contributed by atoms with Gasteiger partial charge in [0.15, 0.2) is 0 Å². The maximum Gasteiger partial charge on any atom is -0.00559 e. The molecule has 0 radical (unpaired) electrons. The van der Waals surface area contributed by atoms with Gasteiger partial charge in [-0.3, -0.25) is 0 Å². The predicted molar refractivity (Wildman–Crippen MR) is 54.5 cm³/mol. The molecule has 0 saturated heterocycles. The van der Waals surface area contributed by atoms with E-state index in [2.05, 4.69) is 31.5 Å². The molecule has 0 atom stereocenters. The first-order valence-corrected chi connectivity index (χ1v) is 5.18. The lowest BCUT2D eigenvalue weighted by Gasteiger charge is -2.01. The summed E-state index contributed by atoms with van der Waals surface area (Å²) >= 11 is 1.79. The van der Waals surface area contributed by atoms with Crippen LogP contribution in [-0.4, -0.2) is 0 Å². The molecule has 0 N–H and O–H groups in total. The number of hydrogen-bond donors (Lipinski definition) is 0. The van der Waals surface area contributed by atoms with Gasteiger partial charge >= 0.3 is 0 Å². The molecule has 1 aromatic rings. The molecule has 0 bridgehead atoms. The molecule has 0 aliphatic carbocycles. The summed E-state index contributed by atoms with van der Waals surface area (Å²) in [6, 6.07) is 0. The van der Waals surface area contributed by atoms with E-state index in [9.17, 15) is 0 Å². The quantitative estimate of drug-likeness (QED) is 0.592.